The number of carbonyl (C=O) groups excluding carboxylic acids is 1. The molecule has 3 aliphatic rings. The van der Waals surface area contributed by atoms with Gasteiger partial charge in [-0.2, -0.15) is 0 Å². The normalized spacial score (nSPS) is 29.1. The molecule has 1 amide bonds. The highest BCUT2D eigenvalue weighted by Gasteiger charge is 2.66. The van der Waals surface area contributed by atoms with Crippen LogP contribution in [0.4, 0.5) is 0 Å². The summed E-state index contributed by atoms with van der Waals surface area (Å²) < 4.78 is 29.8. The molecule has 1 unspecified atom stereocenters. The zero-order valence-corrected chi connectivity index (χ0v) is 20.0. The van der Waals surface area contributed by atoms with E-state index in [1.54, 1.807) is 32.4 Å². The molecule has 174 valence electrons. The zero-order valence-electron chi connectivity index (χ0n) is 19.2. The average Bonchev–Trinajstić information content (AvgIpc) is 3.20. The number of nitrogens with two attached hydrogens (primary N) is 1. The van der Waals surface area contributed by atoms with Crippen molar-refractivity contribution in [3.8, 4) is 11.1 Å². The smallest absolute Gasteiger partial charge is 0.262 e. The highest BCUT2D eigenvalue weighted by molar-refractivity contribution is 7.90. The predicted molar refractivity (Wildman–Crippen MR) is 126 cm³/mol. The fraction of sp³-hybridized carbons (Fsp3) is 0.440. The number of likely N-dealkylation sites (N-methyl/N-ethyl adjacent to an activating group) is 1. The van der Waals surface area contributed by atoms with Gasteiger partial charge < -0.3 is 10.5 Å². The van der Waals surface area contributed by atoms with Gasteiger partial charge in [-0.05, 0) is 72.6 Å². The standard InChI is InChI=1S/C25H29N3O4S/c1-28-22(29)25(27-23(28)26)21-14-17(16-5-4-6-20(13-16)33(3,30)31)7-8-18(21)15-24(25)11-9-19(32-2)10-12-24/h4-8,13-14,19H,9-12,15H2,1-3H3,(H2,26,27). The first kappa shape index (κ1) is 22.1. The molecule has 0 radical (unpaired) electrons. The van der Waals surface area contributed by atoms with Gasteiger partial charge in [0.25, 0.3) is 5.91 Å². The van der Waals surface area contributed by atoms with Crippen molar-refractivity contribution in [2.45, 2.75) is 48.6 Å². The van der Waals surface area contributed by atoms with Gasteiger partial charge in [-0.3, -0.25) is 9.69 Å². The molecular formula is C25H29N3O4S. The average molecular weight is 468 g/mol. The maximum atomic E-state index is 13.8. The molecule has 1 aliphatic heterocycles. The minimum Gasteiger partial charge on any atom is -0.381 e. The van der Waals surface area contributed by atoms with Crippen LogP contribution < -0.4 is 5.73 Å². The van der Waals surface area contributed by atoms with E-state index < -0.39 is 15.4 Å². The Bertz CT molecular complexity index is 1280. The number of guanidine groups is 1. The molecule has 1 fully saturated rings. The quantitative estimate of drug-likeness (QED) is 0.748. The molecule has 2 aliphatic carbocycles. The maximum absolute atomic E-state index is 13.8. The van der Waals surface area contributed by atoms with E-state index in [9.17, 15) is 13.2 Å². The Morgan fingerprint density at radius 1 is 1.12 bits per heavy atom. The fourth-order valence-electron chi connectivity index (χ4n) is 6.01. The lowest BCUT2D eigenvalue weighted by Gasteiger charge is -2.45. The molecule has 1 atom stereocenters. The third-order valence-electron chi connectivity index (χ3n) is 7.85. The molecule has 0 saturated heterocycles. The van der Waals surface area contributed by atoms with Crippen LogP contribution in [0.25, 0.3) is 11.1 Å². The number of rotatable bonds is 3. The van der Waals surface area contributed by atoms with E-state index in [-0.39, 0.29) is 28.3 Å². The summed E-state index contributed by atoms with van der Waals surface area (Å²) in [5.41, 5.74) is 8.45. The second-order valence-electron chi connectivity index (χ2n) is 9.61. The number of sulfone groups is 1. The number of benzene rings is 2. The lowest BCUT2D eigenvalue weighted by Crippen LogP contribution is -2.51. The summed E-state index contributed by atoms with van der Waals surface area (Å²) in [5.74, 6) is 0.155. The number of aliphatic imine (C=N–C) groups is 1. The topological polar surface area (TPSA) is 102 Å². The second kappa shape index (κ2) is 7.40. The van der Waals surface area contributed by atoms with Crippen LogP contribution in [0.2, 0.25) is 0 Å². The van der Waals surface area contributed by atoms with Crippen LogP contribution in [-0.4, -0.2) is 51.7 Å². The molecule has 2 aromatic rings. The molecule has 0 bridgehead atoms. The van der Waals surface area contributed by atoms with E-state index >= 15 is 0 Å². The van der Waals surface area contributed by atoms with Crippen molar-refractivity contribution in [2.24, 2.45) is 16.1 Å². The van der Waals surface area contributed by atoms with Gasteiger partial charge >= 0.3 is 0 Å². The Morgan fingerprint density at radius 3 is 2.42 bits per heavy atom. The largest absolute Gasteiger partial charge is 0.381 e. The monoisotopic (exact) mass is 467 g/mol. The minimum absolute atomic E-state index is 0.0864. The van der Waals surface area contributed by atoms with E-state index in [1.165, 1.54) is 11.2 Å². The molecular weight excluding hydrogens is 438 g/mol. The molecule has 7 nitrogen and oxygen atoms in total. The Kier molecular flexibility index (Phi) is 4.95. The summed E-state index contributed by atoms with van der Waals surface area (Å²) >= 11 is 0. The van der Waals surface area contributed by atoms with Gasteiger partial charge in [0.1, 0.15) is 0 Å². The molecule has 1 saturated carbocycles. The van der Waals surface area contributed by atoms with Crippen LogP contribution in [0.5, 0.6) is 0 Å². The van der Waals surface area contributed by atoms with Gasteiger partial charge in [0.05, 0.1) is 11.0 Å². The van der Waals surface area contributed by atoms with Crippen molar-refractivity contribution in [1.82, 2.24) is 4.90 Å². The van der Waals surface area contributed by atoms with E-state index in [0.717, 1.165) is 54.4 Å². The third kappa shape index (κ3) is 3.14. The molecule has 2 N–H and O–H groups in total. The third-order valence-corrected chi connectivity index (χ3v) is 8.96. The molecule has 5 rings (SSSR count). The van der Waals surface area contributed by atoms with Crippen LogP contribution in [0.1, 0.15) is 36.8 Å². The predicted octanol–water partition coefficient (Wildman–Crippen LogP) is 2.87. The van der Waals surface area contributed by atoms with Crippen molar-refractivity contribution in [1.29, 1.82) is 0 Å². The van der Waals surface area contributed by atoms with Gasteiger partial charge in [0.2, 0.25) is 0 Å². The van der Waals surface area contributed by atoms with E-state index in [2.05, 4.69) is 6.07 Å². The van der Waals surface area contributed by atoms with Crippen molar-refractivity contribution >= 4 is 21.7 Å². The van der Waals surface area contributed by atoms with Crippen molar-refractivity contribution in [3.05, 3.63) is 53.6 Å². The van der Waals surface area contributed by atoms with E-state index in [1.807, 2.05) is 18.2 Å². The SMILES string of the molecule is COC1CCC2(CC1)Cc1ccc(-c3cccc(S(C)(=O)=O)c3)cc1C21N=C(N)N(C)C1=O. The molecule has 33 heavy (non-hydrogen) atoms. The van der Waals surface area contributed by atoms with Crippen LogP contribution in [0, 0.1) is 5.41 Å². The molecule has 0 aromatic heterocycles. The number of ether oxygens (including phenoxy) is 1. The first-order valence-corrected chi connectivity index (χ1v) is 13.1. The lowest BCUT2D eigenvalue weighted by molar-refractivity contribution is -0.137. The van der Waals surface area contributed by atoms with Gasteiger partial charge in [-0.15, -0.1) is 0 Å². The molecule has 1 heterocycles. The lowest BCUT2D eigenvalue weighted by atomic mass is 9.61. The summed E-state index contributed by atoms with van der Waals surface area (Å²) in [4.78, 5) is 20.4. The van der Waals surface area contributed by atoms with Crippen molar-refractivity contribution in [3.63, 3.8) is 0 Å². The summed E-state index contributed by atoms with van der Waals surface area (Å²) in [6.07, 6.45) is 5.57. The minimum atomic E-state index is -3.33. The molecule has 8 heteroatoms. The number of hydrogen-bond donors (Lipinski definition) is 1. The van der Waals surface area contributed by atoms with Crippen molar-refractivity contribution in [2.75, 3.05) is 20.4 Å². The van der Waals surface area contributed by atoms with Crippen LogP contribution in [0.3, 0.4) is 0 Å². The first-order valence-electron chi connectivity index (χ1n) is 11.2. The zero-order chi connectivity index (χ0) is 23.6. The second-order valence-corrected chi connectivity index (χ2v) is 11.6. The first-order chi connectivity index (χ1) is 15.6. The fourth-order valence-corrected chi connectivity index (χ4v) is 6.68. The summed E-state index contributed by atoms with van der Waals surface area (Å²) in [6, 6.07) is 13.0. The molecule has 2 aromatic carbocycles. The number of hydrogen-bond acceptors (Lipinski definition) is 6. The van der Waals surface area contributed by atoms with Crippen molar-refractivity contribution < 1.29 is 17.9 Å². The number of carbonyl (C=O) groups is 1. The van der Waals surface area contributed by atoms with Gasteiger partial charge in [0.15, 0.2) is 21.3 Å². The summed E-state index contributed by atoms with van der Waals surface area (Å²) in [6.45, 7) is 0. The number of amides is 1. The Morgan fingerprint density at radius 2 is 1.82 bits per heavy atom. The Labute approximate surface area is 194 Å². The number of fused-ring (bicyclic) bond motifs is 3. The van der Waals surface area contributed by atoms with Gasteiger partial charge in [-0.25, -0.2) is 13.4 Å². The number of nitrogens with zero attached hydrogens (tertiary/aromatic N) is 2. The highest BCUT2D eigenvalue weighted by Crippen LogP contribution is 2.62. The van der Waals surface area contributed by atoms with E-state index in [4.69, 9.17) is 15.5 Å². The van der Waals surface area contributed by atoms with Crippen LogP contribution >= 0.6 is 0 Å². The van der Waals surface area contributed by atoms with Crippen LogP contribution in [-0.2, 0) is 31.3 Å². The van der Waals surface area contributed by atoms with Gasteiger partial charge in [-0.1, -0.05) is 24.3 Å². The molecule has 2 spiro atoms. The van der Waals surface area contributed by atoms with E-state index in [0.29, 0.717) is 0 Å². The maximum Gasteiger partial charge on any atom is 0.262 e. The highest BCUT2D eigenvalue weighted by atomic mass is 32.2. The van der Waals surface area contributed by atoms with Crippen LogP contribution in [0.15, 0.2) is 52.4 Å². The Hall–Kier alpha value is -2.71. The number of methoxy groups -OCH3 is 1. The Balaban J connectivity index is 1.66. The summed E-state index contributed by atoms with van der Waals surface area (Å²) in [7, 11) is 0.0904. The summed E-state index contributed by atoms with van der Waals surface area (Å²) in [5, 5.41) is 0. The van der Waals surface area contributed by atoms with Gasteiger partial charge in [0, 0.05) is 25.8 Å².